The van der Waals surface area contributed by atoms with Crippen LogP contribution in [0.15, 0.2) is 41.0 Å². The second-order valence-electron chi connectivity index (χ2n) is 5.58. The first-order valence-electron chi connectivity index (χ1n) is 7.98. The maximum Gasteiger partial charge on any atom is 0.416 e. The number of hydrogen-bond acceptors (Lipinski definition) is 3. The minimum Gasteiger partial charge on any atom is -0.512 e. The van der Waals surface area contributed by atoms with E-state index in [2.05, 4.69) is 0 Å². The number of alkyl halides is 3. The summed E-state index contributed by atoms with van der Waals surface area (Å²) in [5.41, 5.74) is -0.655. The summed E-state index contributed by atoms with van der Waals surface area (Å²) in [6, 6.07) is 5.07. The van der Waals surface area contributed by atoms with E-state index in [1.807, 2.05) is 20.8 Å². The predicted molar refractivity (Wildman–Crippen MR) is 91.1 cm³/mol. The third-order valence-corrected chi connectivity index (χ3v) is 5.06. The molecule has 0 amide bonds. The Labute approximate surface area is 145 Å². The Morgan fingerprint density at radius 2 is 1.79 bits per heavy atom. The van der Waals surface area contributed by atoms with E-state index in [1.165, 1.54) is 30.0 Å². The minimum atomic E-state index is -4.32. The van der Waals surface area contributed by atoms with Gasteiger partial charge in [0.15, 0.2) is 5.78 Å². The van der Waals surface area contributed by atoms with Gasteiger partial charge in [-0.1, -0.05) is 20.8 Å². The fourth-order valence-corrected chi connectivity index (χ4v) is 3.47. The number of ketones is 1. The second kappa shape index (κ2) is 9.16. The molecule has 24 heavy (non-hydrogen) atoms. The standard InChI is InChI=1S/C16H17F3O2S.C2H6/c1-10(11-6-13(20)8-14(21)7-11)9-22-15-4-2-12(3-5-15)16(17,18)19;1-2/h2-5,8,10-11,20H,6-7,9H2,1H3;1-2H3. The van der Waals surface area contributed by atoms with Crippen molar-refractivity contribution in [3.63, 3.8) is 0 Å². The number of halogens is 3. The van der Waals surface area contributed by atoms with E-state index in [0.29, 0.717) is 18.6 Å². The lowest BCUT2D eigenvalue weighted by molar-refractivity contribution is -0.137. The van der Waals surface area contributed by atoms with E-state index in [9.17, 15) is 23.1 Å². The molecule has 6 heteroatoms. The SMILES string of the molecule is CC.CC(CSc1ccc(C(F)(F)F)cc1)C1CC(=O)C=C(O)C1. The lowest BCUT2D eigenvalue weighted by atomic mass is 9.84. The van der Waals surface area contributed by atoms with Gasteiger partial charge in [0, 0.05) is 29.6 Å². The zero-order valence-corrected chi connectivity index (χ0v) is 14.9. The van der Waals surface area contributed by atoms with Crippen molar-refractivity contribution in [3.8, 4) is 0 Å². The molecule has 1 aliphatic carbocycles. The normalized spacial score (nSPS) is 19.2. The van der Waals surface area contributed by atoms with Crippen molar-refractivity contribution in [2.24, 2.45) is 11.8 Å². The summed E-state index contributed by atoms with van der Waals surface area (Å²) >= 11 is 1.46. The smallest absolute Gasteiger partial charge is 0.416 e. The largest absolute Gasteiger partial charge is 0.512 e. The van der Waals surface area contributed by atoms with E-state index >= 15 is 0 Å². The summed E-state index contributed by atoms with van der Waals surface area (Å²) in [6.07, 6.45) is -2.14. The van der Waals surface area contributed by atoms with Crippen LogP contribution in [-0.2, 0) is 11.0 Å². The molecule has 0 radical (unpaired) electrons. The molecule has 1 N–H and O–H groups in total. The molecule has 0 fully saturated rings. The third-order valence-electron chi connectivity index (χ3n) is 3.76. The summed E-state index contributed by atoms with van der Waals surface area (Å²) in [7, 11) is 0. The molecule has 0 heterocycles. The van der Waals surface area contributed by atoms with Crippen LogP contribution in [0.1, 0.15) is 39.2 Å². The van der Waals surface area contributed by atoms with Crippen molar-refractivity contribution in [2.45, 2.75) is 44.7 Å². The van der Waals surface area contributed by atoms with Gasteiger partial charge in [0.2, 0.25) is 0 Å². The highest BCUT2D eigenvalue weighted by Gasteiger charge is 2.30. The molecule has 1 aromatic rings. The van der Waals surface area contributed by atoms with E-state index in [4.69, 9.17) is 0 Å². The molecule has 2 rings (SSSR count). The fraction of sp³-hybridized carbons (Fsp3) is 0.500. The van der Waals surface area contributed by atoms with Crippen molar-refractivity contribution in [3.05, 3.63) is 41.7 Å². The van der Waals surface area contributed by atoms with E-state index < -0.39 is 11.7 Å². The fourth-order valence-electron chi connectivity index (χ4n) is 2.41. The van der Waals surface area contributed by atoms with Crippen LogP contribution in [0.5, 0.6) is 0 Å². The molecule has 0 spiro atoms. The Morgan fingerprint density at radius 3 is 2.29 bits per heavy atom. The van der Waals surface area contributed by atoms with Crippen molar-refractivity contribution < 1.29 is 23.1 Å². The molecule has 134 valence electrons. The number of aliphatic hydroxyl groups excluding tert-OH is 1. The average molecular weight is 360 g/mol. The highest BCUT2D eigenvalue weighted by Crippen LogP contribution is 2.33. The quantitative estimate of drug-likeness (QED) is 0.681. The number of carbonyl (C=O) groups is 1. The van der Waals surface area contributed by atoms with E-state index in [0.717, 1.165) is 17.0 Å². The van der Waals surface area contributed by atoms with Crippen LogP contribution in [-0.4, -0.2) is 16.6 Å². The van der Waals surface area contributed by atoms with Crippen LogP contribution in [0.2, 0.25) is 0 Å². The number of rotatable bonds is 4. The molecule has 0 bridgehead atoms. The average Bonchev–Trinajstić information content (AvgIpc) is 2.53. The Morgan fingerprint density at radius 1 is 1.21 bits per heavy atom. The lowest BCUT2D eigenvalue weighted by Gasteiger charge is -2.25. The molecule has 1 aromatic carbocycles. The Kier molecular flexibility index (Phi) is 7.87. The first-order valence-corrected chi connectivity index (χ1v) is 8.96. The first-order chi connectivity index (χ1) is 11.3. The molecule has 2 nitrogen and oxygen atoms in total. The Hall–Kier alpha value is -1.43. The van der Waals surface area contributed by atoms with Crippen LogP contribution >= 0.6 is 11.8 Å². The molecule has 0 aliphatic heterocycles. The Bertz CT molecular complexity index is 565. The number of carbonyl (C=O) groups excluding carboxylic acids is 1. The lowest BCUT2D eigenvalue weighted by Crippen LogP contribution is -2.22. The summed E-state index contributed by atoms with van der Waals surface area (Å²) in [4.78, 5) is 12.2. The molecular formula is C18H23F3O2S. The van der Waals surface area contributed by atoms with Gasteiger partial charge < -0.3 is 5.11 Å². The van der Waals surface area contributed by atoms with E-state index in [1.54, 1.807) is 0 Å². The topological polar surface area (TPSA) is 37.3 Å². The molecule has 1 aliphatic rings. The van der Waals surface area contributed by atoms with Gasteiger partial charge in [0.1, 0.15) is 0 Å². The summed E-state index contributed by atoms with van der Waals surface area (Å²) in [5, 5.41) is 9.52. The zero-order valence-electron chi connectivity index (χ0n) is 14.1. The van der Waals surface area contributed by atoms with Crippen molar-refractivity contribution in [1.29, 1.82) is 0 Å². The van der Waals surface area contributed by atoms with Crippen LogP contribution < -0.4 is 0 Å². The highest BCUT2D eigenvalue weighted by atomic mass is 32.2. The van der Waals surface area contributed by atoms with Crippen LogP contribution in [0, 0.1) is 11.8 Å². The van der Waals surface area contributed by atoms with Gasteiger partial charge in [-0.05, 0) is 36.1 Å². The predicted octanol–water partition coefficient (Wildman–Crippen LogP) is 5.88. The number of aliphatic hydroxyl groups is 1. The second-order valence-corrected chi connectivity index (χ2v) is 6.67. The molecule has 0 saturated heterocycles. The van der Waals surface area contributed by atoms with Crippen molar-refractivity contribution >= 4 is 17.5 Å². The highest BCUT2D eigenvalue weighted by molar-refractivity contribution is 7.99. The van der Waals surface area contributed by atoms with Crippen molar-refractivity contribution in [2.75, 3.05) is 5.75 Å². The monoisotopic (exact) mass is 360 g/mol. The van der Waals surface area contributed by atoms with Crippen molar-refractivity contribution in [1.82, 2.24) is 0 Å². The van der Waals surface area contributed by atoms with Gasteiger partial charge >= 0.3 is 6.18 Å². The molecule has 2 unspecified atom stereocenters. The number of allylic oxidation sites excluding steroid dienone is 2. The van der Waals surface area contributed by atoms with E-state index in [-0.39, 0.29) is 23.4 Å². The third kappa shape index (κ3) is 6.23. The van der Waals surface area contributed by atoms with Crippen LogP contribution in [0.25, 0.3) is 0 Å². The maximum absolute atomic E-state index is 12.5. The first kappa shape index (κ1) is 20.6. The van der Waals surface area contributed by atoms with Gasteiger partial charge in [-0.3, -0.25) is 4.79 Å². The number of hydrogen-bond donors (Lipinski definition) is 1. The number of benzene rings is 1. The molecular weight excluding hydrogens is 337 g/mol. The molecule has 0 saturated carbocycles. The van der Waals surface area contributed by atoms with Gasteiger partial charge in [-0.2, -0.15) is 13.2 Å². The number of thioether (sulfide) groups is 1. The van der Waals surface area contributed by atoms with Gasteiger partial charge in [-0.15, -0.1) is 11.8 Å². The minimum absolute atomic E-state index is 0.0693. The van der Waals surface area contributed by atoms with Crippen LogP contribution in [0.3, 0.4) is 0 Å². The molecule has 2 atom stereocenters. The van der Waals surface area contributed by atoms with Gasteiger partial charge in [0.25, 0.3) is 0 Å². The zero-order chi connectivity index (χ0) is 18.3. The Balaban J connectivity index is 0.00000139. The summed E-state index contributed by atoms with van der Waals surface area (Å²) in [6.45, 7) is 5.99. The van der Waals surface area contributed by atoms with Gasteiger partial charge in [0.05, 0.1) is 11.3 Å². The summed E-state index contributed by atoms with van der Waals surface area (Å²) in [5.74, 6) is 1.01. The van der Waals surface area contributed by atoms with Gasteiger partial charge in [-0.25, -0.2) is 0 Å². The summed E-state index contributed by atoms with van der Waals surface area (Å²) < 4.78 is 37.4. The maximum atomic E-state index is 12.5. The van der Waals surface area contributed by atoms with Crippen LogP contribution in [0.4, 0.5) is 13.2 Å². The molecule has 0 aromatic heterocycles.